The van der Waals surface area contributed by atoms with Crippen molar-refractivity contribution in [3.8, 4) is 17.2 Å². The molecule has 3 unspecified atom stereocenters. The number of fused-ring (bicyclic) bond motifs is 5. The lowest BCUT2D eigenvalue weighted by atomic mass is 9.52. The minimum absolute atomic E-state index is 0.0196. The molecule has 4 aliphatic rings. The van der Waals surface area contributed by atoms with Gasteiger partial charge in [0.25, 0.3) is 0 Å². The summed E-state index contributed by atoms with van der Waals surface area (Å²) in [6, 6.07) is 8.83. The van der Waals surface area contributed by atoms with Crippen LogP contribution in [0.4, 0.5) is 4.39 Å². The number of rotatable bonds is 12. The summed E-state index contributed by atoms with van der Waals surface area (Å²) in [5, 5.41) is 21.3. The molecule has 0 spiro atoms. The maximum atomic E-state index is 15.4. The average molecular weight is 650 g/mol. The summed E-state index contributed by atoms with van der Waals surface area (Å²) in [5.74, 6) is 3.17. The first-order chi connectivity index (χ1) is 22.7. The fourth-order valence-electron chi connectivity index (χ4n) is 10.3. The minimum Gasteiger partial charge on any atom is -0.508 e. The number of ether oxygens (including phenoxy) is 2. The Bertz CT molecular complexity index is 1390. The maximum absolute atomic E-state index is 15.4. The second kappa shape index (κ2) is 14.8. The van der Waals surface area contributed by atoms with Crippen LogP contribution >= 0.6 is 0 Å². The monoisotopic (exact) mass is 649 g/mol. The number of halogens is 1. The Kier molecular flexibility index (Phi) is 10.7. The van der Waals surface area contributed by atoms with Crippen molar-refractivity contribution < 1.29 is 28.9 Å². The van der Waals surface area contributed by atoms with Crippen molar-refractivity contribution in [1.82, 2.24) is 4.90 Å². The van der Waals surface area contributed by atoms with Gasteiger partial charge in [0.1, 0.15) is 11.6 Å². The first-order valence-corrected chi connectivity index (χ1v) is 18.4. The largest absolute Gasteiger partial charge is 0.508 e. The second-order valence-corrected chi connectivity index (χ2v) is 15.5. The molecular weight excluding hydrogens is 593 g/mol. The summed E-state index contributed by atoms with van der Waals surface area (Å²) in [6.45, 7) is 3.88. The number of phenolic OH excluding ortho intramolecular Hbond substituents is 1. The van der Waals surface area contributed by atoms with Gasteiger partial charge in [0, 0.05) is 19.2 Å². The second-order valence-electron chi connectivity index (χ2n) is 15.5. The molecule has 7 heteroatoms. The predicted octanol–water partition coefficient (Wildman–Crippen LogP) is 8.20. The van der Waals surface area contributed by atoms with Gasteiger partial charge in [-0.25, -0.2) is 4.39 Å². The molecule has 0 saturated heterocycles. The van der Waals surface area contributed by atoms with Crippen molar-refractivity contribution in [1.29, 1.82) is 0 Å². The predicted molar refractivity (Wildman–Crippen MR) is 182 cm³/mol. The zero-order valence-corrected chi connectivity index (χ0v) is 28.8. The van der Waals surface area contributed by atoms with Gasteiger partial charge in [-0.2, -0.15) is 0 Å². The van der Waals surface area contributed by atoms with E-state index in [0.29, 0.717) is 41.6 Å². The fraction of sp³-hybridized carbons (Fsp3) is 0.675. The number of phenols is 1. The Morgan fingerprint density at radius 1 is 0.979 bits per heavy atom. The number of aromatic hydroxyl groups is 1. The number of nitrogens with zero attached hydrogens (tertiary/aromatic N) is 1. The molecule has 0 aromatic heterocycles. The Balaban J connectivity index is 1.10. The third-order valence-electron chi connectivity index (χ3n) is 12.7. The molecule has 3 fully saturated rings. The highest BCUT2D eigenvalue weighted by Crippen LogP contribution is 2.63. The quantitative estimate of drug-likeness (QED) is 0.227. The lowest BCUT2D eigenvalue weighted by molar-refractivity contribution is -0.131. The Morgan fingerprint density at radius 2 is 1.77 bits per heavy atom. The molecule has 258 valence electrons. The summed E-state index contributed by atoms with van der Waals surface area (Å²) in [5.41, 5.74) is 2.67. The number of aliphatic hydroxyl groups excluding tert-OH is 1. The molecule has 6 rings (SSSR count). The zero-order valence-electron chi connectivity index (χ0n) is 28.8. The average Bonchev–Trinajstić information content (AvgIpc) is 3.37. The molecule has 47 heavy (non-hydrogen) atoms. The molecule has 2 aromatic rings. The van der Waals surface area contributed by atoms with Crippen molar-refractivity contribution in [3.63, 3.8) is 0 Å². The zero-order chi connectivity index (χ0) is 33.1. The summed E-state index contributed by atoms with van der Waals surface area (Å²) < 4.78 is 26.2. The Labute approximate surface area is 281 Å². The third-order valence-corrected chi connectivity index (χ3v) is 12.7. The van der Waals surface area contributed by atoms with E-state index < -0.39 is 0 Å². The normalized spacial score (nSPS) is 28.7. The number of methoxy groups -OCH3 is 2. The molecule has 0 bridgehead atoms. The number of amides is 1. The number of benzene rings is 2. The molecule has 1 amide bonds. The van der Waals surface area contributed by atoms with E-state index >= 15 is 4.39 Å². The SMILES string of the molecule is COc1ccc(CC(=O)N(CCCCC[C@@H]2Cc3cc(O)cc(F)c3C3CC[C@@]4(C)C(CC[C@@H]4O)C32)CC2CCCCC2)cc1OC. The molecular formula is C40H56FNO5. The van der Waals surface area contributed by atoms with E-state index in [1.165, 1.54) is 38.2 Å². The number of hydrogen-bond acceptors (Lipinski definition) is 5. The van der Waals surface area contributed by atoms with E-state index in [2.05, 4.69) is 11.8 Å². The van der Waals surface area contributed by atoms with Crippen LogP contribution in [0.5, 0.6) is 17.2 Å². The van der Waals surface area contributed by atoms with Crippen LogP contribution in [0.1, 0.15) is 113 Å². The number of carbonyl (C=O) groups excluding carboxylic acids is 1. The lowest BCUT2D eigenvalue weighted by Gasteiger charge is -2.53. The van der Waals surface area contributed by atoms with Gasteiger partial charge in [-0.1, -0.05) is 45.1 Å². The molecule has 3 saturated carbocycles. The minimum atomic E-state index is -0.271. The van der Waals surface area contributed by atoms with E-state index in [0.717, 1.165) is 87.6 Å². The summed E-state index contributed by atoms with van der Waals surface area (Å²) in [7, 11) is 3.24. The van der Waals surface area contributed by atoms with Gasteiger partial charge in [-0.3, -0.25) is 4.79 Å². The standard InChI is InChI=1S/C40H56FNO5/c1-40-18-17-31-38(32(40)14-16-36(40)44)28(22-29-23-30(43)24-33(41)39(29)31)12-8-5-9-19-42(25-26-10-6-4-7-11-26)37(45)21-27-13-15-34(46-2)35(20-27)47-3/h13,15,20,23-24,26,28,31-32,36,38,43-44H,4-12,14,16-19,21-22,25H2,1-3H3/t28-,31?,32?,36+,38?,40+/m1/s1. The van der Waals surface area contributed by atoms with Crippen LogP contribution in [0.3, 0.4) is 0 Å². The van der Waals surface area contributed by atoms with Gasteiger partial charge in [0.2, 0.25) is 5.91 Å². The topological polar surface area (TPSA) is 79.2 Å². The van der Waals surface area contributed by atoms with Crippen molar-refractivity contribution in [3.05, 3.63) is 52.8 Å². The van der Waals surface area contributed by atoms with Crippen LogP contribution in [-0.4, -0.2) is 54.4 Å². The van der Waals surface area contributed by atoms with Crippen LogP contribution in [-0.2, 0) is 17.6 Å². The third kappa shape index (κ3) is 7.16. The van der Waals surface area contributed by atoms with Crippen LogP contribution < -0.4 is 9.47 Å². The van der Waals surface area contributed by atoms with Crippen LogP contribution in [0.15, 0.2) is 30.3 Å². The van der Waals surface area contributed by atoms with Crippen molar-refractivity contribution in [2.24, 2.45) is 29.1 Å². The highest BCUT2D eigenvalue weighted by atomic mass is 19.1. The van der Waals surface area contributed by atoms with Gasteiger partial charge in [-0.05, 0) is 128 Å². The molecule has 6 atom stereocenters. The summed E-state index contributed by atoms with van der Waals surface area (Å²) >= 11 is 0. The van der Waals surface area contributed by atoms with Gasteiger partial charge in [0.05, 0.1) is 26.7 Å². The van der Waals surface area contributed by atoms with E-state index in [4.69, 9.17) is 9.47 Å². The fourth-order valence-corrected chi connectivity index (χ4v) is 10.3. The van der Waals surface area contributed by atoms with Gasteiger partial charge >= 0.3 is 0 Å². The van der Waals surface area contributed by atoms with E-state index in [-0.39, 0.29) is 34.9 Å². The van der Waals surface area contributed by atoms with Crippen LogP contribution in [0.25, 0.3) is 0 Å². The van der Waals surface area contributed by atoms with Gasteiger partial charge in [-0.15, -0.1) is 0 Å². The van der Waals surface area contributed by atoms with Gasteiger partial charge in [0.15, 0.2) is 11.5 Å². The number of hydrogen-bond donors (Lipinski definition) is 2. The number of carbonyl (C=O) groups is 1. The molecule has 0 radical (unpaired) electrons. The van der Waals surface area contributed by atoms with Crippen molar-refractivity contribution in [2.45, 2.75) is 115 Å². The van der Waals surface area contributed by atoms with E-state index in [1.807, 2.05) is 18.2 Å². The smallest absolute Gasteiger partial charge is 0.227 e. The Hall–Kier alpha value is -2.80. The summed E-state index contributed by atoms with van der Waals surface area (Å²) in [6.07, 6.45) is 14.9. The maximum Gasteiger partial charge on any atom is 0.227 e. The first kappa shape index (κ1) is 34.1. The molecule has 6 nitrogen and oxygen atoms in total. The molecule has 0 heterocycles. The van der Waals surface area contributed by atoms with Crippen molar-refractivity contribution in [2.75, 3.05) is 27.3 Å². The highest BCUT2D eigenvalue weighted by molar-refractivity contribution is 5.79. The molecule has 2 aromatic carbocycles. The van der Waals surface area contributed by atoms with Gasteiger partial charge < -0.3 is 24.6 Å². The molecule has 0 aliphatic heterocycles. The highest BCUT2D eigenvalue weighted by Gasteiger charge is 2.57. The number of unbranched alkanes of at least 4 members (excludes halogenated alkanes) is 2. The first-order valence-electron chi connectivity index (χ1n) is 18.4. The lowest BCUT2D eigenvalue weighted by Crippen LogP contribution is -2.47. The van der Waals surface area contributed by atoms with Crippen LogP contribution in [0.2, 0.25) is 0 Å². The molecule has 2 N–H and O–H groups in total. The van der Waals surface area contributed by atoms with E-state index in [1.54, 1.807) is 20.3 Å². The van der Waals surface area contributed by atoms with E-state index in [9.17, 15) is 15.0 Å². The summed E-state index contributed by atoms with van der Waals surface area (Å²) in [4.78, 5) is 15.8. The van der Waals surface area contributed by atoms with Crippen LogP contribution in [0, 0.1) is 34.9 Å². The van der Waals surface area contributed by atoms with Crippen molar-refractivity contribution >= 4 is 5.91 Å². The number of aliphatic hydroxyl groups is 1. The molecule has 4 aliphatic carbocycles. The Morgan fingerprint density at radius 3 is 2.53 bits per heavy atom.